The number of sulfone groups is 1. The van der Waals surface area contributed by atoms with E-state index in [0.717, 1.165) is 6.20 Å². The Kier molecular flexibility index (Phi) is 5.55. The van der Waals surface area contributed by atoms with Crippen LogP contribution < -0.4 is 5.32 Å². The zero-order valence-corrected chi connectivity index (χ0v) is 16.9. The number of aromatic nitrogens is 4. The van der Waals surface area contributed by atoms with Gasteiger partial charge in [-0.25, -0.2) is 18.4 Å². The lowest BCUT2D eigenvalue weighted by Crippen LogP contribution is -2.24. The predicted octanol–water partition coefficient (Wildman–Crippen LogP) is 1.90. The molecular formula is C17H15FN6O4S2. The van der Waals surface area contributed by atoms with Crippen LogP contribution in [0.4, 0.5) is 9.52 Å². The minimum Gasteiger partial charge on any atom is -0.387 e. The Labute approximate surface area is 174 Å². The van der Waals surface area contributed by atoms with E-state index >= 15 is 0 Å². The van der Waals surface area contributed by atoms with Gasteiger partial charge in [-0.2, -0.15) is 9.49 Å². The summed E-state index contributed by atoms with van der Waals surface area (Å²) < 4.78 is 37.9. The number of rotatable bonds is 8. The molecule has 0 spiro atoms. The van der Waals surface area contributed by atoms with Gasteiger partial charge in [0.2, 0.25) is 0 Å². The standard InChI is InChI=1S/C17H15FN6O4S2/c18-13-7-19-17(29-13)22-16(25)15(24-28-8-14-20-9-21-23-14)10-1-3-11(4-2-10)30(26,27)12-5-6-12/h1-4,7,9,12H,5-6,8H2,(H,19,22,25)(H,20,21,23). The second kappa shape index (κ2) is 8.28. The number of aromatic amines is 1. The van der Waals surface area contributed by atoms with E-state index in [1.807, 2.05) is 0 Å². The maximum Gasteiger partial charge on any atom is 0.280 e. The van der Waals surface area contributed by atoms with E-state index in [4.69, 9.17) is 4.84 Å². The largest absolute Gasteiger partial charge is 0.387 e. The van der Waals surface area contributed by atoms with E-state index in [1.165, 1.54) is 30.6 Å². The predicted molar refractivity (Wildman–Crippen MR) is 105 cm³/mol. The first-order valence-electron chi connectivity index (χ1n) is 8.74. The summed E-state index contributed by atoms with van der Waals surface area (Å²) in [6, 6.07) is 5.78. The summed E-state index contributed by atoms with van der Waals surface area (Å²) in [5, 5.41) is 11.7. The molecule has 1 saturated carbocycles. The molecule has 0 atom stereocenters. The molecule has 0 bridgehead atoms. The molecule has 1 fully saturated rings. The number of hydrogen-bond acceptors (Lipinski definition) is 9. The smallest absolute Gasteiger partial charge is 0.280 e. The lowest BCUT2D eigenvalue weighted by Gasteiger charge is -2.08. The molecule has 0 aliphatic heterocycles. The SMILES string of the molecule is O=C(Nc1ncc(F)s1)C(=NOCc1ncn[nH]1)c1ccc(S(=O)(=O)C2CC2)cc1. The van der Waals surface area contributed by atoms with E-state index in [2.05, 4.69) is 30.6 Å². The topological polar surface area (TPSA) is 139 Å². The number of halogens is 1. The third-order valence-corrected chi connectivity index (χ3v) is 7.13. The van der Waals surface area contributed by atoms with Gasteiger partial charge < -0.3 is 4.84 Å². The summed E-state index contributed by atoms with van der Waals surface area (Å²) in [7, 11) is -3.36. The molecule has 0 unspecified atom stereocenters. The highest BCUT2D eigenvalue weighted by Gasteiger charge is 2.36. The van der Waals surface area contributed by atoms with Crippen LogP contribution in [0.25, 0.3) is 0 Å². The van der Waals surface area contributed by atoms with Crippen LogP contribution in [0.5, 0.6) is 0 Å². The molecule has 0 saturated heterocycles. The Morgan fingerprint density at radius 1 is 1.30 bits per heavy atom. The molecule has 1 aliphatic carbocycles. The van der Waals surface area contributed by atoms with Crippen molar-refractivity contribution in [2.45, 2.75) is 29.6 Å². The van der Waals surface area contributed by atoms with Gasteiger partial charge in [-0.1, -0.05) is 28.6 Å². The second-order valence-electron chi connectivity index (χ2n) is 6.34. The summed E-state index contributed by atoms with van der Waals surface area (Å²) in [5.41, 5.74) is 0.178. The zero-order chi connectivity index (χ0) is 21.1. The summed E-state index contributed by atoms with van der Waals surface area (Å²) >= 11 is 0.658. The van der Waals surface area contributed by atoms with Crippen LogP contribution in [-0.2, 0) is 26.1 Å². The van der Waals surface area contributed by atoms with Crippen LogP contribution in [0, 0.1) is 5.13 Å². The van der Waals surface area contributed by atoms with Crippen molar-refractivity contribution in [3.05, 3.63) is 53.3 Å². The van der Waals surface area contributed by atoms with E-state index < -0.39 is 20.9 Å². The number of thiazole rings is 1. The molecule has 4 rings (SSSR count). The van der Waals surface area contributed by atoms with Crippen molar-refractivity contribution in [3.8, 4) is 0 Å². The molecule has 1 aromatic carbocycles. The van der Waals surface area contributed by atoms with Crippen molar-refractivity contribution >= 4 is 37.9 Å². The second-order valence-corrected chi connectivity index (χ2v) is 9.55. The highest BCUT2D eigenvalue weighted by Crippen LogP contribution is 2.33. The van der Waals surface area contributed by atoms with Crippen LogP contribution >= 0.6 is 11.3 Å². The summed E-state index contributed by atoms with van der Waals surface area (Å²) in [6.07, 6.45) is 3.58. The van der Waals surface area contributed by atoms with Gasteiger partial charge in [0, 0.05) is 5.56 Å². The maximum absolute atomic E-state index is 13.2. The van der Waals surface area contributed by atoms with Gasteiger partial charge in [0.25, 0.3) is 5.91 Å². The Balaban J connectivity index is 1.57. The van der Waals surface area contributed by atoms with E-state index in [1.54, 1.807) is 0 Å². The zero-order valence-electron chi connectivity index (χ0n) is 15.3. The molecule has 3 aromatic rings. The monoisotopic (exact) mass is 450 g/mol. The van der Waals surface area contributed by atoms with Crippen molar-refractivity contribution in [1.29, 1.82) is 0 Å². The van der Waals surface area contributed by atoms with Gasteiger partial charge in [-0.05, 0) is 25.0 Å². The molecule has 156 valence electrons. The molecule has 0 radical (unpaired) electrons. The van der Waals surface area contributed by atoms with E-state index in [9.17, 15) is 17.6 Å². The molecule has 2 aromatic heterocycles. The van der Waals surface area contributed by atoms with Crippen molar-refractivity contribution < 1.29 is 22.4 Å². The number of nitrogens with zero attached hydrogens (tertiary/aromatic N) is 4. The van der Waals surface area contributed by atoms with Gasteiger partial charge in [0.05, 0.1) is 16.3 Å². The third-order valence-electron chi connectivity index (χ3n) is 4.15. The number of benzene rings is 1. The van der Waals surface area contributed by atoms with Gasteiger partial charge in [-0.15, -0.1) is 0 Å². The fourth-order valence-corrected chi connectivity index (χ4v) is 4.72. The fraction of sp³-hybridized carbons (Fsp3) is 0.235. The summed E-state index contributed by atoms with van der Waals surface area (Å²) in [4.78, 5) is 25.7. The molecule has 1 aliphatic rings. The first-order chi connectivity index (χ1) is 14.4. The van der Waals surface area contributed by atoms with Gasteiger partial charge >= 0.3 is 0 Å². The van der Waals surface area contributed by atoms with Crippen LogP contribution in [0.2, 0.25) is 0 Å². The Hall–Kier alpha value is -3.19. The molecule has 30 heavy (non-hydrogen) atoms. The van der Waals surface area contributed by atoms with Crippen molar-refractivity contribution in [2.75, 3.05) is 5.32 Å². The summed E-state index contributed by atoms with van der Waals surface area (Å²) in [5.74, 6) is -0.300. The number of anilines is 1. The Morgan fingerprint density at radius 3 is 2.67 bits per heavy atom. The molecular weight excluding hydrogens is 435 g/mol. The average Bonchev–Trinajstić information content (AvgIpc) is 3.34. The van der Waals surface area contributed by atoms with E-state index in [-0.39, 0.29) is 27.6 Å². The van der Waals surface area contributed by atoms with E-state index in [0.29, 0.717) is 35.6 Å². The molecule has 10 nitrogen and oxygen atoms in total. The van der Waals surface area contributed by atoms with Gasteiger partial charge in [0.15, 0.2) is 38.2 Å². The van der Waals surface area contributed by atoms with Crippen LogP contribution in [0.1, 0.15) is 24.2 Å². The maximum atomic E-state index is 13.2. The normalized spacial score (nSPS) is 14.5. The molecule has 2 heterocycles. The van der Waals surface area contributed by atoms with Gasteiger partial charge in [-0.3, -0.25) is 15.2 Å². The number of hydrogen-bond donors (Lipinski definition) is 2. The average molecular weight is 450 g/mol. The van der Waals surface area contributed by atoms with Gasteiger partial charge in [0.1, 0.15) is 6.33 Å². The van der Waals surface area contributed by atoms with Crippen LogP contribution in [0.15, 0.2) is 46.8 Å². The number of nitrogens with one attached hydrogen (secondary N) is 2. The minimum atomic E-state index is -3.36. The fourth-order valence-electron chi connectivity index (χ4n) is 2.53. The lowest BCUT2D eigenvalue weighted by atomic mass is 10.1. The van der Waals surface area contributed by atoms with Crippen LogP contribution in [-0.4, -0.2) is 45.5 Å². The Bertz CT molecular complexity index is 1170. The quantitative estimate of drug-likeness (QED) is 0.395. The first-order valence-corrected chi connectivity index (χ1v) is 11.1. The van der Waals surface area contributed by atoms with Crippen molar-refractivity contribution in [3.63, 3.8) is 0 Å². The summed E-state index contributed by atoms with van der Waals surface area (Å²) in [6.45, 7) is -0.0726. The lowest BCUT2D eigenvalue weighted by molar-refractivity contribution is -0.110. The molecule has 1 amide bonds. The van der Waals surface area contributed by atoms with Crippen molar-refractivity contribution in [2.24, 2.45) is 5.16 Å². The Morgan fingerprint density at radius 2 is 2.07 bits per heavy atom. The number of H-pyrrole nitrogens is 1. The minimum absolute atomic E-state index is 0.0494. The highest BCUT2D eigenvalue weighted by atomic mass is 32.2. The third kappa shape index (κ3) is 4.52. The molecule has 2 N–H and O–H groups in total. The van der Waals surface area contributed by atoms with Crippen LogP contribution in [0.3, 0.4) is 0 Å². The molecule has 13 heteroatoms. The number of carbonyl (C=O) groups is 1. The highest BCUT2D eigenvalue weighted by molar-refractivity contribution is 7.92. The number of amides is 1. The number of oxime groups is 1. The van der Waals surface area contributed by atoms with Crippen molar-refractivity contribution in [1.82, 2.24) is 20.2 Å². The number of carbonyl (C=O) groups excluding carboxylic acids is 1. The first kappa shape index (κ1) is 20.1.